The van der Waals surface area contributed by atoms with Gasteiger partial charge in [-0.2, -0.15) is 0 Å². The highest BCUT2D eigenvalue weighted by atomic mass is 28.4. The summed E-state index contributed by atoms with van der Waals surface area (Å²) >= 11 is 0. The molecule has 0 heterocycles. The van der Waals surface area contributed by atoms with Crippen LogP contribution in [0.15, 0.2) is 54.6 Å². The molecule has 0 unspecified atom stereocenters. The average molecular weight is 484 g/mol. The number of carbonyl (C=O) groups excluding carboxylic acids is 2. The van der Waals surface area contributed by atoms with Gasteiger partial charge < -0.3 is 14.5 Å². The standard InChI is InChI=1S/C28H41NO4Si/c1-10-32-25(30)23-18-16-22(17-19-23)24(21-14-12-11-13-15-21)20(2)29-26(31)28(6,7)33-34(8,9)27(3,4)5/h11-20,24H,10H2,1-9H3,(H,29,31)/t20-,24-/m1/s1. The minimum Gasteiger partial charge on any atom is -0.462 e. The average Bonchev–Trinajstić information content (AvgIpc) is 2.74. The zero-order valence-corrected chi connectivity index (χ0v) is 23.2. The van der Waals surface area contributed by atoms with Crippen molar-refractivity contribution in [2.24, 2.45) is 0 Å². The molecule has 0 aliphatic rings. The van der Waals surface area contributed by atoms with E-state index in [0.717, 1.165) is 11.1 Å². The smallest absolute Gasteiger partial charge is 0.338 e. The second kappa shape index (κ2) is 10.9. The van der Waals surface area contributed by atoms with E-state index in [0.29, 0.717) is 12.2 Å². The maximum absolute atomic E-state index is 13.4. The highest BCUT2D eigenvalue weighted by Gasteiger charge is 2.44. The molecule has 6 heteroatoms. The highest BCUT2D eigenvalue weighted by molar-refractivity contribution is 6.74. The molecule has 0 aromatic heterocycles. The van der Waals surface area contributed by atoms with Crippen molar-refractivity contribution in [1.29, 1.82) is 0 Å². The van der Waals surface area contributed by atoms with Gasteiger partial charge in [0.2, 0.25) is 0 Å². The van der Waals surface area contributed by atoms with Gasteiger partial charge in [0.15, 0.2) is 8.32 Å². The van der Waals surface area contributed by atoms with Gasteiger partial charge in [-0.3, -0.25) is 4.79 Å². The minimum atomic E-state index is -2.14. The van der Waals surface area contributed by atoms with Crippen molar-refractivity contribution < 1.29 is 18.8 Å². The molecule has 0 saturated carbocycles. The third-order valence-electron chi connectivity index (χ3n) is 6.66. The quantitative estimate of drug-likeness (QED) is 0.336. The van der Waals surface area contributed by atoms with Crippen molar-refractivity contribution in [3.63, 3.8) is 0 Å². The van der Waals surface area contributed by atoms with Crippen LogP contribution < -0.4 is 5.32 Å². The van der Waals surface area contributed by atoms with Gasteiger partial charge in [0.25, 0.3) is 5.91 Å². The number of amides is 1. The van der Waals surface area contributed by atoms with Gasteiger partial charge in [-0.15, -0.1) is 0 Å². The molecule has 34 heavy (non-hydrogen) atoms. The Balaban J connectivity index is 2.31. The Morgan fingerprint density at radius 3 is 1.94 bits per heavy atom. The fourth-order valence-electron chi connectivity index (χ4n) is 3.77. The summed E-state index contributed by atoms with van der Waals surface area (Å²) in [5.41, 5.74) is 1.65. The number of carbonyl (C=O) groups is 2. The van der Waals surface area contributed by atoms with Crippen LogP contribution in [0.4, 0.5) is 0 Å². The largest absolute Gasteiger partial charge is 0.462 e. The lowest BCUT2D eigenvalue weighted by atomic mass is 9.85. The molecule has 0 aliphatic carbocycles. The van der Waals surface area contributed by atoms with Crippen molar-refractivity contribution in [2.45, 2.75) is 84.2 Å². The molecule has 0 bridgehead atoms. The van der Waals surface area contributed by atoms with E-state index < -0.39 is 13.9 Å². The Hall–Kier alpha value is -2.44. The first-order valence-corrected chi connectivity index (χ1v) is 14.9. The molecule has 0 spiro atoms. The van der Waals surface area contributed by atoms with Crippen LogP contribution in [0, 0.1) is 0 Å². The van der Waals surface area contributed by atoms with E-state index in [1.54, 1.807) is 19.1 Å². The van der Waals surface area contributed by atoms with Crippen LogP contribution in [0.1, 0.15) is 75.9 Å². The molecular formula is C28H41NO4Si. The topological polar surface area (TPSA) is 64.6 Å². The first kappa shape index (κ1) is 27.8. The number of hydrogen-bond acceptors (Lipinski definition) is 4. The molecule has 1 amide bonds. The fraction of sp³-hybridized carbons (Fsp3) is 0.500. The summed E-state index contributed by atoms with van der Waals surface area (Å²) in [5, 5.41) is 3.22. The van der Waals surface area contributed by atoms with Gasteiger partial charge in [0.05, 0.1) is 12.2 Å². The van der Waals surface area contributed by atoms with E-state index in [2.05, 4.69) is 51.3 Å². The van der Waals surface area contributed by atoms with Crippen molar-refractivity contribution >= 4 is 20.2 Å². The fourth-order valence-corrected chi connectivity index (χ4v) is 5.45. The van der Waals surface area contributed by atoms with Gasteiger partial charge in [0.1, 0.15) is 5.60 Å². The predicted molar refractivity (Wildman–Crippen MR) is 141 cm³/mol. The first-order chi connectivity index (χ1) is 15.7. The monoisotopic (exact) mass is 483 g/mol. The van der Waals surface area contributed by atoms with E-state index in [1.807, 2.05) is 51.1 Å². The van der Waals surface area contributed by atoms with Gasteiger partial charge in [-0.25, -0.2) is 4.79 Å². The summed E-state index contributed by atoms with van der Waals surface area (Å²) in [6.07, 6.45) is 0. The third kappa shape index (κ3) is 6.80. The summed E-state index contributed by atoms with van der Waals surface area (Å²) in [6, 6.07) is 17.3. The highest BCUT2D eigenvalue weighted by Crippen LogP contribution is 2.39. The maximum Gasteiger partial charge on any atom is 0.338 e. The summed E-state index contributed by atoms with van der Waals surface area (Å²) in [4.78, 5) is 25.5. The molecule has 0 radical (unpaired) electrons. The van der Waals surface area contributed by atoms with Crippen LogP contribution in [-0.4, -0.2) is 38.4 Å². The third-order valence-corrected chi connectivity index (χ3v) is 11.3. The van der Waals surface area contributed by atoms with E-state index in [9.17, 15) is 9.59 Å². The number of ether oxygens (including phenoxy) is 1. The van der Waals surface area contributed by atoms with Gasteiger partial charge >= 0.3 is 5.97 Å². The van der Waals surface area contributed by atoms with E-state index in [1.165, 1.54) is 0 Å². The molecular weight excluding hydrogens is 442 g/mol. The molecule has 0 saturated heterocycles. The van der Waals surface area contributed by atoms with Gasteiger partial charge in [0, 0.05) is 12.0 Å². The summed E-state index contributed by atoms with van der Waals surface area (Å²) in [5.74, 6) is -0.560. The summed E-state index contributed by atoms with van der Waals surface area (Å²) in [6.45, 7) is 18.7. The lowest BCUT2D eigenvalue weighted by Crippen LogP contribution is -2.55. The Morgan fingerprint density at radius 1 is 0.912 bits per heavy atom. The van der Waals surface area contributed by atoms with Crippen LogP contribution in [0.2, 0.25) is 18.1 Å². The lowest BCUT2D eigenvalue weighted by Gasteiger charge is -2.42. The molecule has 1 N–H and O–H groups in total. The summed E-state index contributed by atoms with van der Waals surface area (Å²) in [7, 11) is -2.14. The SMILES string of the molecule is CCOC(=O)c1ccc([C@@H](c2ccccc2)[C@@H](C)NC(=O)C(C)(C)O[Si](C)(C)C(C)(C)C)cc1. The van der Waals surface area contributed by atoms with Crippen molar-refractivity contribution in [3.05, 3.63) is 71.3 Å². The molecule has 0 aliphatic heterocycles. The first-order valence-electron chi connectivity index (χ1n) is 12.0. The van der Waals surface area contributed by atoms with E-state index in [4.69, 9.17) is 9.16 Å². The van der Waals surface area contributed by atoms with Crippen LogP contribution in [0.5, 0.6) is 0 Å². The van der Waals surface area contributed by atoms with Crippen molar-refractivity contribution in [3.8, 4) is 0 Å². The molecule has 2 atom stereocenters. The van der Waals surface area contributed by atoms with Crippen LogP contribution in [-0.2, 0) is 14.0 Å². The normalized spacial score (nSPS) is 14.3. The molecule has 5 nitrogen and oxygen atoms in total. The zero-order chi connectivity index (χ0) is 25.7. The Labute approximate surface area is 206 Å². The van der Waals surface area contributed by atoms with Crippen LogP contribution in [0.25, 0.3) is 0 Å². The van der Waals surface area contributed by atoms with E-state index >= 15 is 0 Å². The number of rotatable bonds is 9. The second-order valence-electron chi connectivity index (χ2n) is 10.9. The molecule has 2 rings (SSSR count). The second-order valence-corrected chi connectivity index (χ2v) is 15.6. The summed E-state index contributed by atoms with van der Waals surface area (Å²) < 4.78 is 11.6. The minimum absolute atomic E-state index is 0.00338. The lowest BCUT2D eigenvalue weighted by molar-refractivity contribution is -0.135. The van der Waals surface area contributed by atoms with Gasteiger partial charge in [-0.1, -0.05) is 63.2 Å². The Bertz CT molecular complexity index is 962. The molecule has 0 fully saturated rings. The zero-order valence-electron chi connectivity index (χ0n) is 22.2. The molecule has 2 aromatic rings. The van der Waals surface area contributed by atoms with Crippen LogP contribution in [0.3, 0.4) is 0 Å². The molecule has 186 valence electrons. The van der Waals surface area contributed by atoms with Crippen LogP contribution >= 0.6 is 0 Å². The Morgan fingerprint density at radius 2 is 1.44 bits per heavy atom. The van der Waals surface area contributed by atoms with Crippen molar-refractivity contribution in [1.82, 2.24) is 5.32 Å². The maximum atomic E-state index is 13.4. The molecule has 2 aromatic carbocycles. The number of nitrogens with one attached hydrogen (secondary N) is 1. The Kier molecular flexibility index (Phi) is 8.89. The van der Waals surface area contributed by atoms with Gasteiger partial charge in [-0.05, 0) is 69.1 Å². The predicted octanol–water partition coefficient (Wildman–Crippen LogP) is 6.30. The van der Waals surface area contributed by atoms with E-state index in [-0.39, 0.29) is 28.9 Å². The number of esters is 1. The number of benzene rings is 2. The number of hydrogen-bond donors (Lipinski definition) is 1. The van der Waals surface area contributed by atoms with Crippen molar-refractivity contribution in [2.75, 3.05) is 6.61 Å².